The SMILES string of the molecule is CC/C=C\C/C=C\C/C=C\C/C=C\C/C=C\CCCCCCCCCCCCCC(=O)OC(COC(=O)CCCCCCCCCCCCCCC/C=C\C/C=C\C/C=C\C/C=C\CCCCC)COP(=O)(O)OCC(O)COP(=O)(O)OCC(O)COC(=O)CCCCCCCCCCCCCCCCC/C=C\C/C=C\C/C=C\C/C=C\CCCCC. The molecule has 0 rings (SSSR count). The Balaban J connectivity index is 4.62. The van der Waals surface area contributed by atoms with E-state index in [2.05, 4.69) is 179 Å². The van der Waals surface area contributed by atoms with Gasteiger partial charge in [-0.1, -0.05) is 416 Å². The third-order valence-corrected chi connectivity index (χ3v) is 23.1. The van der Waals surface area contributed by atoms with Crippen LogP contribution < -0.4 is 0 Å². The van der Waals surface area contributed by atoms with Crippen molar-refractivity contribution in [2.75, 3.05) is 39.6 Å². The van der Waals surface area contributed by atoms with Gasteiger partial charge in [0.1, 0.15) is 25.4 Å². The Morgan fingerprint density at radius 1 is 0.236 bits per heavy atom. The van der Waals surface area contributed by atoms with E-state index in [1.165, 1.54) is 218 Å². The summed E-state index contributed by atoms with van der Waals surface area (Å²) in [6, 6.07) is 0. The summed E-state index contributed by atoms with van der Waals surface area (Å²) in [6.07, 6.45) is 124. The molecule has 0 aromatic rings. The fourth-order valence-corrected chi connectivity index (χ4v) is 15.3. The van der Waals surface area contributed by atoms with Crippen LogP contribution >= 0.6 is 15.6 Å². The van der Waals surface area contributed by atoms with E-state index in [0.717, 1.165) is 154 Å². The van der Waals surface area contributed by atoms with Crippen molar-refractivity contribution < 1.29 is 75.8 Å². The zero-order valence-corrected chi connectivity index (χ0v) is 80.1. The van der Waals surface area contributed by atoms with Crippen LogP contribution in [0.2, 0.25) is 0 Å². The molecule has 0 aliphatic heterocycles. The fourth-order valence-electron chi connectivity index (χ4n) is 13.7. The molecule has 0 aliphatic carbocycles. The van der Waals surface area contributed by atoms with Gasteiger partial charge in [-0.15, -0.1) is 0 Å². The fraction of sp³-hybridized carbons (Fsp3) is 0.724. The number of ether oxygens (including phenoxy) is 3. The van der Waals surface area contributed by atoms with Gasteiger partial charge in [0.05, 0.1) is 26.4 Å². The van der Waals surface area contributed by atoms with Crippen LogP contribution in [0.25, 0.3) is 0 Å². The van der Waals surface area contributed by atoms with Gasteiger partial charge in [-0.25, -0.2) is 9.13 Å². The van der Waals surface area contributed by atoms with Crippen LogP contribution in [0.15, 0.2) is 158 Å². The van der Waals surface area contributed by atoms with Gasteiger partial charge in [0.2, 0.25) is 0 Å². The number of phosphoric ester groups is 2. The van der Waals surface area contributed by atoms with E-state index in [0.29, 0.717) is 19.3 Å². The minimum Gasteiger partial charge on any atom is -0.463 e. The van der Waals surface area contributed by atoms with Crippen molar-refractivity contribution in [2.45, 2.75) is 450 Å². The van der Waals surface area contributed by atoms with Gasteiger partial charge in [-0.05, 0) is 154 Å². The smallest absolute Gasteiger partial charge is 0.463 e. The molecule has 708 valence electrons. The molecule has 5 unspecified atom stereocenters. The minimum absolute atomic E-state index is 0.0974. The van der Waals surface area contributed by atoms with Crippen molar-refractivity contribution in [3.8, 4) is 0 Å². The molecule has 0 fully saturated rings. The van der Waals surface area contributed by atoms with Crippen LogP contribution in [0.5, 0.6) is 0 Å². The lowest BCUT2D eigenvalue weighted by Gasteiger charge is -2.21. The van der Waals surface area contributed by atoms with E-state index in [1.54, 1.807) is 0 Å². The van der Waals surface area contributed by atoms with Crippen molar-refractivity contribution in [1.82, 2.24) is 0 Å². The van der Waals surface area contributed by atoms with Crippen LogP contribution in [-0.2, 0) is 55.8 Å². The number of carbonyl (C=O) groups excluding carboxylic acids is 3. The summed E-state index contributed by atoms with van der Waals surface area (Å²) in [5.41, 5.74) is 0. The molecule has 123 heavy (non-hydrogen) atoms. The molecule has 0 aliphatic rings. The first-order valence-corrected chi connectivity index (χ1v) is 52.8. The first-order valence-electron chi connectivity index (χ1n) is 49.8. The highest BCUT2D eigenvalue weighted by Gasteiger charge is 2.30. The van der Waals surface area contributed by atoms with E-state index in [-0.39, 0.29) is 19.3 Å². The number of esters is 3. The maximum Gasteiger partial charge on any atom is 0.472 e. The van der Waals surface area contributed by atoms with Crippen LogP contribution in [0.4, 0.5) is 0 Å². The second-order valence-electron chi connectivity index (χ2n) is 33.2. The van der Waals surface area contributed by atoms with Gasteiger partial charge < -0.3 is 34.2 Å². The van der Waals surface area contributed by atoms with E-state index < -0.39 is 91.5 Å². The first kappa shape index (κ1) is 118. The van der Waals surface area contributed by atoms with Gasteiger partial charge >= 0.3 is 33.6 Å². The maximum absolute atomic E-state index is 13.1. The van der Waals surface area contributed by atoms with Gasteiger partial charge in [0.25, 0.3) is 0 Å². The van der Waals surface area contributed by atoms with Crippen LogP contribution in [0.3, 0.4) is 0 Å². The number of phosphoric acid groups is 2. The summed E-state index contributed by atoms with van der Waals surface area (Å²) in [6.45, 7) is 2.58. The molecule has 0 aromatic carbocycles. The molecule has 0 aromatic heterocycles. The van der Waals surface area contributed by atoms with Gasteiger partial charge in [-0.3, -0.25) is 32.5 Å². The minimum atomic E-state index is -4.95. The van der Waals surface area contributed by atoms with Crippen LogP contribution in [-0.4, -0.2) is 95.9 Å². The van der Waals surface area contributed by atoms with Crippen molar-refractivity contribution >= 4 is 33.6 Å². The third kappa shape index (κ3) is 97.6. The molecule has 0 bridgehead atoms. The quantitative estimate of drug-likeness (QED) is 0.0146. The predicted molar refractivity (Wildman–Crippen MR) is 519 cm³/mol. The second kappa shape index (κ2) is 96.3. The van der Waals surface area contributed by atoms with Gasteiger partial charge in [-0.2, -0.15) is 0 Å². The van der Waals surface area contributed by atoms with E-state index >= 15 is 0 Å². The summed E-state index contributed by atoms with van der Waals surface area (Å²) >= 11 is 0. The van der Waals surface area contributed by atoms with E-state index in [1.807, 2.05) is 0 Å². The molecule has 16 nitrogen and oxygen atoms in total. The van der Waals surface area contributed by atoms with Crippen molar-refractivity contribution in [1.29, 1.82) is 0 Å². The number of allylic oxidation sites excluding steroid dienone is 26. The third-order valence-electron chi connectivity index (χ3n) is 21.2. The van der Waals surface area contributed by atoms with Crippen LogP contribution in [0.1, 0.15) is 432 Å². The highest BCUT2D eigenvalue weighted by Crippen LogP contribution is 2.45. The molecule has 18 heteroatoms. The van der Waals surface area contributed by atoms with E-state index in [9.17, 15) is 43.5 Å². The zero-order valence-electron chi connectivity index (χ0n) is 78.3. The second-order valence-corrected chi connectivity index (χ2v) is 36.1. The molecule has 0 spiro atoms. The highest BCUT2D eigenvalue weighted by atomic mass is 31.2. The predicted octanol–water partition coefficient (Wildman–Crippen LogP) is 31.2. The molecule has 0 amide bonds. The monoisotopic (exact) mass is 1760 g/mol. The number of hydrogen-bond acceptors (Lipinski definition) is 14. The molecule has 0 radical (unpaired) electrons. The Labute approximate surface area is 752 Å². The van der Waals surface area contributed by atoms with Crippen molar-refractivity contribution in [3.05, 3.63) is 158 Å². The Morgan fingerprint density at radius 2 is 0.431 bits per heavy atom. The molecule has 0 heterocycles. The number of rotatable bonds is 94. The number of hydrogen-bond donors (Lipinski definition) is 4. The van der Waals surface area contributed by atoms with Gasteiger partial charge in [0, 0.05) is 19.3 Å². The molecular weight excluding hydrogens is 1580 g/mol. The van der Waals surface area contributed by atoms with E-state index in [4.69, 9.17) is 32.3 Å². The van der Waals surface area contributed by atoms with Crippen molar-refractivity contribution in [2.24, 2.45) is 0 Å². The Kier molecular flexibility index (Phi) is 92.5. The maximum atomic E-state index is 13.1. The topological polar surface area (TPSA) is 231 Å². The molecule has 5 atom stereocenters. The van der Waals surface area contributed by atoms with Crippen LogP contribution in [0, 0.1) is 0 Å². The number of unbranched alkanes of at least 4 members (excludes halogenated alkanes) is 45. The number of aliphatic hydroxyl groups excluding tert-OH is 2. The first-order chi connectivity index (χ1) is 60.2. The highest BCUT2D eigenvalue weighted by molar-refractivity contribution is 7.47. The summed E-state index contributed by atoms with van der Waals surface area (Å²) in [5, 5.41) is 20.8. The molecule has 0 saturated carbocycles. The summed E-state index contributed by atoms with van der Waals surface area (Å²) in [4.78, 5) is 59.2. The standard InChI is InChI=1S/C105H182O16P2/c1-4-7-10-13-16-19-22-25-28-31-34-37-40-43-46-48-49-51-54-55-58-61-64-67-70-73-76-79-82-85-88-91-103(108)115-94-100(106)95-117-122(111,112)118-96-101(107)97-119-123(113,114)120-99-102(121-105(110)93-90-87-84-81-78-75-72-69-66-63-60-57-52-45-42-39-36-33-30-27-24-21-18-15-12-9-6-3)98-116-104(109)92-89-86-83-80-77-74-71-68-65-62-59-56-53-50-47-44-41-38-35-32-29-26-23-20-17-14-11-8-5-2/h9,12,16-21,25-30,34-39,43-47,52,100-102,106-107H,4-8,10-11,13-15,22-24,31-33,40-42,48-51,53-99H2,1-3H3,(H,111,112)(H,113,114)/b12-9-,19-16-,20-17-,21-18-,28-25-,29-26-,30-27-,37-34-,38-35-,39-36-,46-43-,47-44-,52-45-. The zero-order chi connectivity index (χ0) is 89.3. The normalized spacial score (nSPS) is 14.4. The molecular formula is C105H182O16P2. The average Bonchev–Trinajstić information content (AvgIpc) is 0.897. The Morgan fingerprint density at radius 3 is 0.683 bits per heavy atom. The molecule has 4 N–H and O–H groups in total. The summed E-state index contributed by atoms with van der Waals surface area (Å²) < 4.78 is 61.7. The summed E-state index contributed by atoms with van der Waals surface area (Å²) in [5.74, 6) is -1.56. The Bertz CT molecular complexity index is 2870. The number of aliphatic hydroxyl groups is 2. The number of carbonyl (C=O) groups is 3. The molecule has 0 saturated heterocycles. The lowest BCUT2D eigenvalue weighted by atomic mass is 10.0. The van der Waals surface area contributed by atoms with Gasteiger partial charge in [0.15, 0.2) is 6.10 Å². The lowest BCUT2D eigenvalue weighted by Crippen LogP contribution is -2.30. The average molecular weight is 1760 g/mol. The van der Waals surface area contributed by atoms with Crippen molar-refractivity contribution in [3.63, 3.8) is 0 Å². The summed E-state index contributed by atoms with van der Waals surface area (Å²) in [7, 11) is -9.82. The lowest BCUT2D eigenvalue weighted by molar-refractivity contribution is -0.161. The largest absolute Gasteiger partial charge is 0.472 e. The Hall–Kier alpha value is -4.83.